The summed E-state index contributed by atoms with van der Waals surface area (Å²) in [5.41, 5.74) is 6.24. The summed E-state index contributed by atoms with van der Waals surface area (Å²) in [7, 11) is 0. The summed E-state index contributed by atoms with van der Waals surface area (Å²) in [6, 6.07) is 6.66. The Bertz CT molecular complexity index is 537. The first kappa shape index (κ1) is 23.6. The van der Waals surface area contributed by atoms with Crippen molar-refractivity contribution in [3.63, 3.8) is 0 Å². The van der Waals surface area contributed by atoms with Crippen molar-refractivity contribution >= 4 is 36.6 Å². The quantitative estimate of drug-likeness (QED) is 0.666. The number of benzene rings is 1. The molecule has 4 N–H and O–H groups in total. The lowest BCUT2D eigenvalue weighted by atomic mass is 10.0. The molecule has 0 aromatic heterocycles. The van der Waals surface area contributed by atoms with Gasteiger partial charge in [0.15, 0.2) is 0 Å². The molecule has 1 aromatic carbocycles. The first-order valence-electron chi connectivity index (χ1n) is 7.79. The minimum absolute atomic E-state index is 0. The molecule has 1 heterocycles. The number of nitrogens with zero attached hydrogens (tertiary/aromatic N) is 1. The van der Waals surface area contributed by atoms with Crippen molar-refractivity contribution in [3.05, 3.63) is 35.6 Å². The predicted octanol–water partition coefficient (Wildman–Crippen LogP) is 0.825. The molecular weight excluding hydrogens is 370 g/mol. The van der Waals surface area contributed by atoms with Crippen LogP contribution in [0, 0.1) is 5.82 Å². The average molecular weight is 395 g/mol. The number of halogens is 3. The van der Waals surface area contributed by atoms with Gasteiger partial charge in [0, 0.05) is 25.7 Å². The zero-order valence-corrected chi connectivity index (χ0v) is 15.5. The van der Waals surface area contributed by atoms with E-state index >= 15 is 0 Å². The van der Waals surface area contributed by atoms with Gasteiger partial charge in [0.2, 0.25) is 11.8 Å². The van der Waals surface area contributed by atoms with Crippen LogP contribution in [-0.2, 0) is 16.1 Å². The smallest absolute Gasteiger partial charge is 0.239 e. The van der Waals surface area contributed by atoms with Crippen LogP contribution < -0.4 is 16.4 Å². The fraction of sp³-hybridized carbons (Fsp3) is 0.500. The first-order valence-corrected chi connectivity index (χ1v) is 7.79. The molecule has 25 heavy (non-hydrogen) atoms. The van der Waals surface area contributed by atoms with E-state index < -0.39 is 0 Å². The fourth-order valence-electron chi connectivity index (χ4n) is 2.61. The maximum Gasteiger partial charge on any atom is 0.239 e. The lowest BCUT2D eigenvalue weighted by molar-refractivity contribution is -0.125. The molecule has 0 unspecified atom stereocenters. The lowest BCUT2D eigenvalue weighted by Gasteiger charge is -2.32. The Hall–Kier alpha value is -1.41. The molecule has 9 heteroatoms. The van der Waals surface area contributed by atoms with E-state index in [1.165, 1.54) is 12.1 Å². The Balaban J connectivity index is 0.00000288. The molecule has 2 rings (SSSR count). The van der Waals surface area contributed by atoms with Crippen LogP contribution in [0.4, 0.5) is 4.39 Å². The highest BCUT2D eigenvalue weighted by atomic mass is 35.5. The van der Waals surface area contributed by atoms with E-state index in [0.717, 1.165) is 38.0 Å². The van der Waals surface area contributed by atoms with Crippen LogP contribution in [0.25, 0.3) is 0 Å². The van der Waals surface area contributed by atoms with Crippen molar-refractivity contribution in [3.8, 4) is 0 Å². The molecule has 0 bridgehead atoms. The molecule has 1 aliphatic heterocycles. The van der Waals surface area contributed by atoms with E-state index in [0.29, 0.717) is 0 Å². The molecule has 142 valence electrons. The highest BCUT2D eigenvalue weighted by Crippen LogP contribution is 2.14. The Morgan fingerprint density at radius 1 is 1.12 bits per heavy atom. The molecule has 2 amide bonds. The van der Waals surface area contributed by atoms with Crippen LogP contribution in [0.15, 0.2) is 24.3 Å². The van der Waals surface area contributed by atoms with Crippen LogP contribution in [0.1, 0.15) is 18.4 Å². The molecule has 0 spiro atoms. The number of hydrogen-bond acceptors (Lipinski definition) is 4. The van der Waals surface area contributed by atoms with Crippen LogP contribution in [0.5, 0.6) is 0 Å². The second kappa shape index (κ2) is 12.0. The summed E-state index contributed by atoms with van der Waals surface area (Å²) in [6.45, 7) is 2.38. The first-order chi connectivity index (χ1) is 11.1. The van der Waals surface area contributed by atoms with E-state index in [1.807, 2.05) is 0 Å². The van der Waals surface area contributed by atoms with E-state index in [2.05, 4.69) is 15.5 Å². The van der Waals surface area contributed by atoms with Gasteiger partial charge in [-0.05, 0) is 30.5 Å². The maximum atomic E-state index is 12.9. The lowest BCUT2D eigenvalue weighted by Crippen LogP contribution is -2.47. The summed E-state index contributed by atoms with van der Waals surface area (Å²) < 4.78 is 12.9. The van der Waals surface area contributed by atoms with Gasteiger partial charge in [0.25, 0.3) is 0 Å². The highest BCUT2D eigenvalue weighted by molar-refractivity contribution is 5.86. The molecule has 0 aliphatic carbocycles. The molecular formula is C16H25Cl2FN4O2. The van der Waals surface area contributed by atoms with Gasteiger partial charge >= 0.3 is 0 Å². The van der Waals surface area contributed by atoms with Crippen molar-refractivity contribution in [2.75, 3.05) is 26.2 Å². The molecule has 6 nitrogen and oxygen atoms in total. The van der Waals surface area contributed by atoms with E-state index in [4.69, 9.17) is 5.73 Å². The van der Waals surface area contributed by atoms with Crippen molar-refractivity contribution in [2.45, 2.75) is 25.4 Å². The second-order valence-electron chi connectivity index (χ2n) is 5.73. The summed E-state index contributed by atoms with van der Waals surface area (Å²) >= 11 is 0. The van der Waals surface area contributed by atoms with Gasteiger partial charge < -0.3 is 16.4 Å². The van der Waals surface area contributed by atoms with E-state index in [1.54, 1.807) is 12.1 Å². The normalized spacial score (nSPS) is 14.8. The molecule has 1 fully saturated rings. The van der Waals surface area contributed by atoms with E-state index in [-0.39, 0.29) is 61.6 Å². The minimum Gasteiger partial charge on any atom is -0.352 e. The zero-order chi connectivity index (χ0) is 16.7. The largest absolute Gasteiger partial charge is 0.352 e. The van der Waals surface area contributed by atoms with Gasteiger partial charge in [-0.1, -0.05) is 12.1 Å². The summed E-state index contributed by atoms with van der Waals surface area (Å²) in [5.74, 6) is -0.755. The Morgan fingerprint density at radius 2 is 1.72 bits per heavy atom. The molecule has 0 saturated carbocycles. The Kier molecular flexibility index (Phi) is 11.3. The number of likely N-dealkylation sites (tertiary alicyclic amines) is 1. The minimum atomic E-state index is -0.339. The van der Waals surface area contributed by atoms with Gasteiger partial charge in [-0.25, -0.2) is 4.39 Å². The number of amides is 2. The van der Waals surface area contributed by atoms with Gasteiger partial charge in [-0.2, -0.15) is 0 Å². The Morgan fingerprint density at radius 3 is 2.28 bits per heavy atom. The average Bonchev–Trinajstić information content (AvgIpc) is 2.56. The van der Waals surface area contributed by atoms with Gasteiger partial charge in [-0.3, -0.25) is 14.5 Å². The summed E-state index contributed by atoms with van der Waals surface area (Å²) in [5, 5.41) is 5.37. The van der Waals surface area contributed by atoms with Crippen LogP contribution in [-0.4, -0.2) is 48.9 Å². The van der Waals surface area contributed by atoms with Crippen LogP contribution in [0.2, 0.25) is 0 Å². The maximum absolute atomic E-state index is 12.9. The molecule has 1 aromatic rings. The molecule has 1 aliphatic rings. The number of nitrogens with one attached hydrogen (secondary N) is 2. The van der Waals surface area contributed by atoms with Crippen LogP contribution >= 0.6 is 24.8 Å². The predicted molar refractivity (Wildman–Crippen MR) is 99.4 cm³/mol. The SMILES string of the molecule is Cl.Cl.NCC(=O)NCC(=O)NC1CCN(Cc2ccc(F)cc2)CC1. The topological polar surface area (TPSA) is 87.5 Å². The number of rotatable bonds is 6. The van der Waals surface area contributed by atoms with Crippen LogP contribution in [0.3, 0.4) is 0 Å². The summed E-state index contributed by atoms with van der Waals surface area (Å²) in [4.78, 5) is 25.0. The standard InChI is InChI=1S/C16H23FN4O2.2ClH/c17-13-3-1-12(2-4-13)11-21-7-5-14(6-8-21)20-16(23)10-19-15(22)9-18;;/h1-4,14H,5-11,18H2,(H,19,22)(H,20,23);2*1H. The van der Waals surface area contributed by atoms with E-state index in [9.17, 15) is 14.0 Å². The number of carbonyl (C=O) groups excluding carboxylic acids is 2. The number of piperidine rings is 1. The van der Waals surface area contributed by atoms with Crippen molar-refractivity contribution in [1.82, 2.24) is 15.5 Å². The van der Waals surface area contributed by atoms with Crippen molar-refractivity contribution in [1.29, 1.82) is 0 Å². The third-order valence-corrected chi connectivity index (χ3v) is 3.90. The highest BCUT2D eigenvalue weighted by Gasteiger charge is 2.20. The van der Waals surface area contributed by atoms with Crippen molar-refractivity contribution < 1.29 is 14.0 Å². The molecule has 0 atom stereocenters. The third kappa shape index (κ3) is 8.49. The summed E-state index contributed by atoms with van der Waals surface area (Å²) in [6.07, 6.45) is 1.72. The number of hydrogen-bond donors (Lipinski definition) is 3. The number of carbonyl (C=O) groups is 2. The van der Waals surface area contributed by atoms with Gasteiger partial charge in [0.1, 0.15) is 5.82 Å². The third-order valence-electron chi connectivity index (χ3n) is 3.90. The molecule has 1 saturated heterocycles. The fourth-order valence-corrected chi connectivity index (χ4v) is 2.61. The van der Waals surface area contributed by atoms with Crippen molar-refractivity contribution in [2.24, 2.45) is 5.73 Å². The monoisotopic (exact) mass is 394 g/mol. The number of nitrogens with two attached hydrogens (primary N) is 1. The zero-order valence-electron chi connectivity index (χ0n) is 13.9. The van der Waals surface area contributed by atoms with Gasteiger partial charge in [0.05, 0.1) is 13.1 Å². The van der Waals surface area contributed by atoms with Gasteiger partial charge in [-0.15, -0.1) is 24.8 Å². The second-order valence-corrected chi connectivity index (χ2v) is 5.73. The molecule has 0 radical (unpaired) electrons. The Labute approximate surface area is 159 Å².